The maximum Gasteiger partial charge on any atom is 0.245 e. The molecule has 4 rings (SSSR count). The van der Waals surface area contributed by atoms with Crippen LogP contribution in [-0.2, 0) is 21.4 Å². The molecule has 0 N–H and O–H groups in total. The highest BCUT2D eigenvalue weighted by molar-refractivity contribution is 7.89. The zero-order valence-corrected chi connectivity index (χ0v) is 15.3. The molecule has 1 saturated heterocycles. The smallest absolute Gasteiger partial charge is 0.245 e. The maximum absolute atomic E-state index is 12.8. The first-order valence-corrected chi connectivity index (χ1v) is 10.1. The third kappa shape index (κ3) is 3.18. The van der Waals surface area contributed by atoms with Crippen molar-refractivity contribution in [2.45, 2.75) is 24.5 Å². The van der Waals surface area contributed by atoms with Crippen molar-refractivity contribution in [1.82, 2.24) is 13.1 Å². The van der Waals surface area contributed by atoms with Crippen molar-refractivity contribution < 1.29 is 13.2 Å². The summed E-state index contributed by atoms with van der Waals surface area (Å²) in [5.41, 5.74) is 3.34. The Bertz CT molecular complexity index is 993. The Balaban J connectivity index is 1.41. The molecule has 0 unspecified atom stereocenters. The van der Waals surface area contributed by atoms with Crippen molar-refractivity contribution >= 4 is 32.8 Å². The average Bonchev–Trinajstić information content (AvgIpc) is 3.03. The van der Waals surface area contributed by atoms with Crippen molar-refractivity contribution in [3.63, 3.8) is 0 Å². The molecular weight excluding hydrogens is 358 g/mol. The first-order chi connectivity index (χ1) is 12.0. The number of hydrogen-bond donors (Lipinski definition) is 0. The lowest BCUT2D eigenvalue weighted by Gasteiger charge is -2.37. The van der Waals surface area contributed by atoms with E-state index in [0.29, 0.717) is 30.7 Å². The molecule has 2 heterocycles. The van der Waals surface area contributed by atoms with Crippen LogP contribution < -0.4 is 0 Å². The molecule has 25 heavy (non-hydrogen) atoms. The number of sulfonamides is 1. The number of rotatable bonds is 5. The minimum atomic E-state index is -3.56. The Hall–Kier alpha value is -1.87. The van der Waals surface area contributed by atoms with E-state index in [2.05, 4.69) is 8.75 Å². The van der Waals surface area contributed by atoms with Crippen LogP contribution in [0.4, 0.5) is 0 Å². The Morgan fingerprint density at radius 1 is 1.16 bits per heavy atom. The Morgan fingerprint density at radius 2 is 1.92 bits per heavy atom. The summed E-state index contributed by atoms with van der Waals surface area (Å²) < 4.78 is 41.0. The fraction of sp³-hybridized carbons (Fsp3) is 0.294. The van der Waals surface area contributed by atoms with Gasteiger partial charge in [-0.1, -0.05) is 35.9 Å². The molecule has 130 valence electrons. The fourth-order valence-corrected chi connectivity index (χ4v) is 4.99. The number of aromatic nitrogens is 2. The van der Waals surface area contributed by atoms with E-state index in [0.717, 1.165) is 17.3 Å². The topological polar surface area (TPSA) is 72.4 Å². The summed E-state index contributed by atoms with van der Waals surface area (Å²) in [4.78, 5) is 0.218. The van der Waals surface area contributed by atoms with Crippen LogP contribution in [0.15, 0.2) is 47.4 Å². The van der Waals surface area contributed by atoms with Gasteiger partial charge in [0, 0.05) is 13.1 Å². The second kappa shape index (κ2) is 6.45. The van der Waals surface area contributed by atoms with Gasteiger partial charge >= 0.3 is 0 Å². The van der Waals surface area contributed by atoms with Crippen molar-refractivity contribution in [3.05, 3.63) is 53.6 Å². The van der Waals surface area contributed by atoms with E-state index < -0.39 is 10.0 Å². The van der Waals surface area contributed by atoms with E-state index >= 15 is 0 Å². The fourth-order valence-electron chi connectivity index (χ4n) is 2.73. The van der Waals surface area contributed by atoms with Gasteiger partial charge in [-0.25, -0.2) is 8.42 Å². The number of benzene rings is 2. The van der Waals surface area contributed by atoms with Crippen LogP contribution in [0.1, 0.15) is 11.1 Å². The highest BCUT2D eigenvalue weighted by atomic mass is 32.2. The summed E-state index contributed by atoms with van der Waals surface area (Å²) in [6.45, 7) is 3.26. The summed E-state index contributed by atoms with van der Waals surface area (Å²) in [6, 6.07) is 13.2. The number of ether oxygens (including phenoxy) is 1. The molecule has 1 aliphatic heterocycles. The minimum Gasteiger partial charge on any atom is -0.371 e. The highest BCUT2D eigenvalue weighted by Crippen LogP contribution is 2.28. The molecule has 1 aromatic heterocycles. The van der Waals surface area contributed by atoms with E-state index in [1.165, 1.54) is 9.87 Å². The summed E-state index contributed by atoms with van der Waals surface area (Å²) in [6.07, 6.45) is -0.0798. The molecule has 0 radical (unpaired) electrons. The number of aryl methyl sites for hydroxylation is 1. The van der Waals surface area contributed by atoms with Crippen LogP contribution in [0.5, 0.6) is 0 Å². The largest absolute Gasteiger partial charge is 0.371 e. The Morgan fingerprint density at radius 3 is 2.68 bits per heavy atom. The maximum atomic E-state index is 12.8. The summed E-state index contributed by atoms with van der Waals surface area (Å²) >= 11 is 1.02. The second-order valence-electron chi connectivity index (χ2n) is 6.13. The lowest BCUT2D eigenvalue weighted by molar-refractivity contribution is -0.0295. The molecule has 0 saturated carbocycles. The van der Waals surface area contributed by atoms with Crippen LogP contribution in [0.25, 0.3) is 11.0 Å². The van der Waals surface area contributed by atoms with Crippen LogP contribution >= 0.6 is 11.7 Å². The van der Waals surface area contributed by atoms with E-state index in [4.69, 9.17) is 4.74 Å². The van der Waals surface area contributed by atoms with Gasteiger partial charge in [-0.3, -0.25) is 0 Å². The van der Waals surface area contributed by atoms with Crippen LogP contribution in [0.2, 0.25) is 0 Å². The van der Waals surface area contributed by atoms with E-state index in [1.807, 2.05) is 31.2 Å². The molecule has 0 aliphatic carbocycles. The van der Waals surface area contributed by atoms with Gasteiger partial charge in [0.25, 0.3) is 0 Å². The van der Waals surface area contributed by atoms with Gasteiger partial charge in [0.15, 0.2) is 0 Å². The zero-order chi connectivity index (χ0) is 17.4. The molecule has 3 aromatic rings. The third-order valence-corrected chi connectivity index (χ3v) is 6.69. The first kappa shape index (κ1) is 16.6. The zero-order valence-electron chi connectivity index (χ0n) is 13.6. The molecule has 0 spiro atoms. The van der Waals surface area contributed by atoms with Gasteiger partial charge < -0.3 is 4.74 Å². The second-order valence-corrected chi connectivity index (χ2v) is 8.56. The number of hydrogen-bond acceptors (Lipinski definition) is 6. The van der Waals surface area contributed by atoms with Crippen LogP contribution in [-0.4, -0.2) is 40.7 Å². The van der Waals surface area contributed by atoms with Crippen LogP contribution in [0.3, 0.4) is 0 Å². The van der Waals surface area contributed by atoms with Gasteiger partial charge in [0.05, 0.1) is 24.4 Å². The molecule has 8 heteroatoms. The number of fused-ring (bicyclic) bond motifs is 1. The molecule has 1 aliphatic rings. The van der Waals surface area contributed by atoms with Crippen molar-refractivity contribution in [1.29, 1.82) is 0 Å². The van der Waals surface area contributed by atoms with Crippen LogP contribution in [0, 0.1) is 6.92 Å². The van der Waals surface area contributed by atoms with E-state index in [-0.39, 0.29) is 11.0 Å². The molecule has 6 nitrogen and oxygen atoms in total. The highest BCUT2D eigenvalue weighted by Gasteiger charge is 2.38. The summed E-state index contributed by atoms with van der Waals surface area (Å²) in [5, 5.41) is 0. The summed E-state index contributed by atoms with van der Waals surface area (Å²) in [5.74, 6) is 0. The molecular formula is C17H17N3O3S2. The Kier molecular flexibility index (Phi) is 4.28. The Labute approximate surface area is 150 Å². The monoisotopic (exact) mass is 375 g/mol. The molecule has 0 atom stereocenters. The standard InChI is InChI=1S/C17H17N3O3S2/c1-12-5-7-13(8-6-12)11-23-14-9-20(10-14)25(21,22)16-4-2-3-15-17(16)19-24-18-15/h2-8,14H,9-11H2,1H3. The quantitative estimate of drug-likeness (QED) is 0.685. The van der Waals surface area contributed by atoms with Gasteiger partial charge in [-0.05, 0) is 24.6 Å². The lowest BCUT2D eigenvalue weighted by Crippen LogP contribution is -2.54. The minimum absolute atomic E-state index is 0.0798. The van der Waals surface area contributed by atoms with Crippen molar-refractivity contribution in [3.8, 4) is 0 Å². The predicted molar refractivity (Wildman–Crippen MR) is 95.9 cm³/mol. The molecule has 2 aromatic carbocycles. The van der Waals surface area contributed by atoms with Crippen molar-refractivity contribution in [2.75, 3.05) is 13.1 Å². The van der Waals surface area contributed by atoms with Gasteiger partial charge in [0.2, 0.25) is 10.0 Å². The molecule has 1 fully saturated rings. The van der Waals surface area contributed by atoms with E-state index in [9.17, 15) is 8.42 Å². The van der Waals surface area contributed by atoms with Gasteiger partial charge in [0.1, 0.15) is 15.9 Å². The van der Waals surface area contributed by atoms with Gasteiger partial charge in [-0.2, -0.15) is 13.1 Å². The average molecular weight is 375 g/mol. The third-order valence-electron chi connectivity index (χ3n) is 4.29. The van der Waals surface area contributed by atoms with E-state index in [1.54, 1.807) is 18.2 Å². The SMILES string of the molecule is Cc1ccc(COC2CN(S(=O)(=O)c3cccc4nsnc34)C2)cc1. The molecule has 0 amide bonds. The van der Waals surface area contributed by atoms with Gasteiger partial charge in [-0.15, -0.1) is 0 Å². The number of nitrogens with zero attached hydrogens (tertiary/aromatic N) is 3. The van der Waals surface area contributed by atoms with Crippen molar-refractivity contribution in [2.24, 2.45) is 0 Å². The summed E-state index contributed by atoms with van der Waals surface area (Å²) in [7, 11) is -3.56. The molecule has 0 bridgehead atoms. The first-order valence-electron chi connectivity index (χ1n) is 7.92. The lowest BCUT2D eigenvalue weighted by atomic mass is 10.1. The predicted octanol–water partition coefficient (Wildman–Crippen LogP) is 2.59. The normalized spacial score (nSPS) is 16.2.